The quantitative estimate of drug-likeness (QED) is 0.712. The van der Waals surface area contributed by atoms with Gasteiger partial charge in [-0.2, -0.15) is 0 Å². The standard InChI is InChI=1S/C15H16N4/c1-10(2)19-13-5-3-4-12(16)14(13)18-15(19)11-6-8-17-9-7-11/h3-10H,16H2,1-2H3. The van der Waals surface area contributed by atoms with E-state index in [9.17, 15) is 0 Å². The number of aromatic nitrogens is 3. The summed E-state index contributed by atoms with van der Waals surface area (Å²) in [5.41, 5.74) is 9.73. The molecule has 2 aromatic heterocycles. The molecule has 19 heavy (non-hydrogen) atoms. The summed E-state index contributed by atoms with van der Waals surface area (Å²) in [5.74, 6) is 0.935. The van der Waals surface area contributed by atoms with Crippen molar-refractivity contribution in [3.63, 3.8) is 0 Å². The second kappa shape index (κ2) is 4.39. The first kappa shape index (κ1) is 11.7. The molecule has 4 heteroatoms. The first-order valence-electron chi connectivity index (χ1n) is 6.35. The number of nitrogens with zero attached hydrogens (tertiary/aromatic N) is 3. The highest BCUT2D eigenvalue weighted by Gasteiger charge is 2.15. The number of anilines is 1. The van der Waals surface area contributed by atoms with E-state index in [2.05, 4.69) is 29.5 Å². The van der Waals surface area contributed by atoms with Gasteiger partial charge in [0.2, 0.25) is 0 Å². The summed E-state index contributed by atoms with van der Waals surface area (Å²) in [6.07, 6.45) is 3.56. The number of nitrogen functional groups attached to an aromatic ring is 1. The first-order valence-corrected chi connectivity index (χ1v) is 6.35. The lowest BCUT2D eigenvalue weighted by atomic mass is 10.2. The van der Waals surface area contributed by atoms with Crippen molar-refractivity contribution in [2.45, 2.75) is 19.9 Å². The first-order chi connectivity index (χ1) is 9.18. The third-order valence-electron chi connectivity index (χ3n) is 3.21. The number of nitrogens with two attached hydrogens (primary N) is 1. The molecule has 0 saturated carbocycles. The molecule has 0 spiro atoms. The summed E-state index contributed by atoms with van der Waals surface area (Å²) in [6, 6.07) is 10.2. The zero-order chi connectivity index (χ0) is 13.4. The smallest absolute Gasteiger partial charge is 0.141 e. The molecule has 1 aromatic carbocycles. The maximum Gasteiger partial charge on any atom is 0.141 e. The van der Waals surface area contributed by atoms with E-state index in [1.807, 2.05) is 24.3 Å². The van der Waals surface area contributed by atoms with Crippen LogP contribution in [0.25, 0.3) is 22.4 Å². The van der Waals surface area contributed by atoms with Gasteiger partial charge < -0.3 is 10.3 Å². The van der Waals surface area contributed by atoms with Crippen LogP contribution in [0.15, 0.2) is 42.7 Å². The van der Waals surface area contributed by atoms with E-state index >= 15 is 0 Å². The van der Waals surface area contributed by atoms with Crippen molar-refractivity contribution in [1.29, 1.82) is 0 Å². The minimum Gasteiger partial charge on any atom is -0.397 e. The van der Waals surface area contributed by atoms with Crippen LogP contribution < -0.4 is 5.73 Å². The molecular weight excluding hydrogens is 236 g/mol. The molecule has 0 bridgehead atoms. The van der Waals surface area contributed by atoms with Crippen molar-refractivity contribution in [3.8, 4) is 11.4 Å². The number of pyridine rings is 1. The summed E-state index contributed by atoms with van der Waals surface area (Å²) in [4.78, 5) is 8.77. The fraction of sp³-hybridized carbons (Fsp3) is 0.200. The molecule has 4 nitrogen and oxygen atoms in total. The average molecular weight is 252 g/mol. The SMILES string of the molecule is CC(C)n1c(-c2ccncc2)nc2c(N)cccc21. The summed E-state index contributed by atoms with van der Waals surface area (Å²) >= 11 is 0. The van der Waals surface area contributed by atoms with Crippen LogP contribution in [-0.4, -0.2) is 14.5 Å². The summed E-state index contributed by atoms with van der Waals surface area (Å²) in [7, 11) is 0. The van der Waals surface area contributed by atoms with Gasteiger partial charge in [0.25, 0.3) is 0 Å². The Morgan fingerprint density at radius 3 is 2.53 bits per heavy atom. The molecule has 96 valence electrons. The van der Waals surface area contributed by atoms with Crippen LogP contribution in [-0.2, 0) is 0 Å². The second-order valence-electron chi connectivity index (χ2n) is 4.85. The maximum atomic E-state index is 6.03. The third kappa shape index (κ3) is 1.85. The van der Waals surface area contributed by atoms with Crippen LogP contribution >= 0.6 is 0 Å². The van der Waals surface area contributed by atoms with Crippen molar-refractivity contribution in [3.05, 3.63) is 42.7 Å². The number of hydrogen-bond acceptors (Lipinski definition) is 3. The lowest BCUT2D eigenvalue weighted by Gasteiger charge is -2.12. The van der Waals surface area contributed by atoms with Crippen LogP contribution in [0.5, 0.6) is 0 Å². The van der Waals surface area contributed by atoms with Gasteiger partial charge in [0.15, 0.2) is 0 Å². The molecule has 3 aromatic rings. The lowest BCUT2D eigenvalue weighted by molar-refractivity contribution is 0.624. The van der Waals surface area contributed by atoms with Crippen LogP contribution in [0.4, 0.5) is 5.69 Å². The summed E-state index contributed by atoms with van der Waals surface area (Å²) in [5, 5.41) is 0. The van der Waals surface area contributed by atoms with E-state index in [0.717, 1.165) is 22.4 Å². The van der Waals surface area contributed by atoms with E-state index in [1.165, 1.54) is 0 Å². The van der Waals surface area contributed by atoms with Crippen LogP contribution in [0.3, 0.4) is 0 Å². The van der Waals surface area contributed by atoms with Crippen LogP contribution in [0.2, 0.25) is 0 Å². The Labute approximate surface area is 111 Å². The van der Waals surface area contributed by atoms with Crippen molar-refractivity contribution in [2.75, 3.05) is 5.73 Å². The van der Waals surface area contributed by atoms with Crippen molar-refractivity contribution >= 4 is 16.7 Å². The van der Waals surface area contributed by atoms with Crippen LogP contribution in [0, 0.1) is 0 Å². The Morgan fingerprint density at radius 1 is 1.11 bits per heavy atom. The largest absolute Gasteiger partial charge is 0.397 e. The molecule has 0 aliphatic carbocycles. The molecule has 2 heterocycles. The Morgan fingerprint density at radius 2 is 1.84 bits per heavy atom. The molecule has 3 rings (SSSR count). The number of benzene rings is 1. The fourth-order valence-corrected chi connectivity index (χ4v) is 2.37. The van der Waals surface area contributed by atoms with E-state index in [0.29, 0.717) is 11.7 Å². The van der Waals surface area contributed by atoms with Gasteiger partial charge in [-0.1, -0.05) is 6.07 Å². The van der Waals surface area contributed by atoms with Gasteiger partial charge in [-0.25, -0.2) is 4.98 Å². The molecule has 0 aliphatic heterocycles. The monoisotopic (exact) mass is 252 g/mol. The highest BCUT2D eigenvalue weighted by atomic mass is 15.1. The van der Waals surface area contributed by atoms with Gasteiger partial charge in [-0.3, -0.25) is 4.98 Å². The molecule has 0 unspecified atom stereocenters. The topological polar surface area (TPSA) is 56.7 Å². The number of para-hydroxylation sites is 1. The lowest BCUT2D eigenvalue weighted by Crippen LogP contribution is -2.03. The minimum absolute atomic E-state index is 0.315. The molecule has 0 radical (unpaired) electrons. The summed E-state index contributed by atoms with van der Waals surface area (Å²) in [6.45, 7) is 4.30. The third-order valence-corrected chi connectivity index (χ3v) is 3.21. The Bertz CT molecular complexity index is 714. The molecule has 0 aliphatic rings. The predicted octanol–water partition coefficient (Wildman–Crippen LogP) is 3.26. The highest BCUT2D eigenvalue weighted by molar-refractivity contribution is 5.90. The van der Waals surface area contributed by atoms with Gasteiger partial charge in [-0.05, 0) is 38.1 Å². The minimum atomic E-state index is 0.315. The summed E-state index contributed by atoms with van der Waals surface area (Å²) < 4.78 is 2.21. The molecule has 2 N–H and O–H groups in total. The predicted molar refractivity (Wildman–Crippen MR) is 77.8 cm³/mol. The Hall–Kier alpha value is -2.36. The maximum absolute atomic E-state index is 6.03. The average Bonchev–Trinajstić information content (AvgIpc) is 2.81. The highest BCUT2D eigenvalue weighted by Crippen LogP contribution is 2.30. The Kier molecular flexibility index (Phi) is 2.71. The number of rotatable bonds is 2. The number of imidazole rings is 1. The molecule has 0 amide bonds. The Balaban J connectivity index is 2.36. The van der Waals surface area contributed by atoms with E-state index in [1.54, 1.807) is 12.4 Å². The zero-order valence-corrected chi connectivity index (χ0v) is 11.0. The number of hydrogen-bond donors (Lipinski definition) is 1. The van der Waals surface area contributed by atoms with Crippen molar-refractivity contribution in [1.82, 2.24) is 14.5 Å². The molecule has 0 fully saturated rings. The normalized spacial score (nSPS) is 11.3. The van der Waals surface area contributed by atoms with Gasteiger partial charge in [-0.15, -0.1) is 0 Å². The molecular formula is C15H16N4. The van der Waals surface area contributed by atoms with Crippen molar-refractivity contribution < 1.29 is 0 Å². The van der Waals surface area contributed by atoms with Gasteiger partial charge >= 0.3 is 0 Å². The zero-order valence-electron chi connectivity index (χ0n) is 11.0. The second-order valence-corrected chi connectivity index (χ2v) is 4.85. The van der Waals surface area contributed by atoms with Crippen molar-refractivity contribution in [2.24, 2.45) is 0 Å². The van der Waals surface area contributed by atoms with Gasteiger partial charge in [0, 0.05) is 24.0 Å². The molecule has 0 saturated heterocycles. The molecule has 0 atom stereocenters. The van der Waals surface area contributed by atoms with Gasteiger partial charge in [0.1, 0.15) is 11.3 Å². The van der Waals surface area contributed by atoms with E-state index < -0.39 is 0 Å². The van der Waals surface area contributed by atoms with E-state index in [4.69, 9.17) is 10.7 Å². The van der Waals surface area contributed by atoms with E-state index in [-0.39, 0.29) is 0 Å². The van der Waals surface area contributed by atoms with Gasteiger partial charge in [0.05, 0.1) is 11.2 Å². The number of fused-ring (bicyclic) bond motifs is 1. The fourth-order valence-electron chi connectivity index (χ4n) is 2.37. The van der Waals surface area contributed by atoms with Crippen LogP contribution in [0.1, 0.15) is 19.9 Å².